The zero-order valence-corrected chi connectivity index (χ0v) is 6.93. The molecule has 2 heterocycles. The molecule has 0 saturated carbocycles. The van der Waals surface area contributed by atoms with Crippen LogP contribution in [0.3, 0.4) is 0 Å². The van der Waals surface area contributed by atoms with Gasteiger partial charge < -0.3 is 4.98 Å². The van der Waals surface area contributed by atoms with Crippen LogP contribution in [0.25, 0.3) is 11.3 Å². The summed E-state index contributed by atoms with van der Waals surface area (Å²) < 4.78 is 1.61. The first-order chi connectivity index (χ1) is 6.27. The maximum Gasteiger partial charge on any atom is 0.344 e. The number of nitrogens with zero attached hydrogens (tertiary/aromatic N) is 4. The van der Waals surface area contributed by atoms with E-state index in [0.29, 0.717) is 0 Å². The minimum absolute atomic E-state index is 0.362. The number of hydrogen-bond donors (Lipinski definition) is 1. The second kappa shape index (κ2) is 2.81. The lowest BCUT2D eigenvalue weighted by molar-refractivity contribution is 0.720. The molecule has 2 aromatic rings. The highest BCUT2D eigenvalue weighted by atomic mass is 16.1. The molecule has 0 aromatic carbocycles. The van der Waals surface area contributed by atoms with Crippen LogP contribution in [0.5, 0.6) is 0 Å². The van der Waals surface area contributed by atoms with E-state index in [9.17, 15) is 4.79 Å². The van der Waals surface area contributed by atoms with E-state index in [2.05, 4.69) is 20.3 Å². The predicted molar refractivity (Wildman–Crippen MR) is 44.9 cm³/mol. The first-order valence-electron chi connectivity index (χ1n) is 3.67. The zero-order chi connectivity index (χ0) is 9.26. The van der Waals surface area contributed by atoms with Crippen LogP contribution in [0.2, 0.25) is 0 Å². The largest absolute Gasteiger partial charge is 0.344 e. The van der Waals surface area contributed by atoms with Crippen LogP contribution in [-0.2, 0) is 7.05 Å². The number of aromatic nitrogens is 5. The molecule has 0 unspecified atom stereocenters. The number of H-pyrrole nitrogens is 1. The number of aromatic amines is 1. The van der Waals surface area contributed by atoms with Crippen molar-refractivity contribution < 1.29 is 0 Å². The number of aryl methyl sites for hydroxylation is 1. The van der Waals surface area contributed by atoms with E-state index in [1.54, 1.807) is 24.1 Å². The second-order valence-corrected chi connectivity index (χ2v) is 2.55. The molecule has 0 aliphatic rings. The van der Waals surface area contributed by atoms with E-state index >= 15 is 0 Å². The van der Waals surface area contributed by atoms with E-state index in [1.165, 1.54) is 6.20 Å². The molecule has 0 saturated heterocycles. The Hall–Kier alpha value is -1.98. The highest BCUT2D eigenvalue weighted by Crippen LogP contribution is 2.12. The van der Waals surface area contributed by atoms with Crippen LogP contribution in [0.4, 0.5) is 0 Å². The van der Waals surface area contributed by atoms with Crippen LogP contribution < -0.4 is 5.69 Å². The quantitative estimate of drug-likeness (QED) is 0.641. The van der Waals surface area contributed by atoms with Crippen molar-refractivity contribution in [3.63, 3.8) is 0 Å². The van der Waals surface area contributed by atoms with Gasteiger partial charge in [0.15, 0.2) is 0 Å². The lowest BCUT2D eigenvalue weighted by Crippen LogP contribution is -2.08. The molecule has 13 heavy (non-hydrogen) atoms. The molecule has 0 spiro atoms. The van der Waals surface area contributed by atoms with Crippen molar-refractivity contribution in [2.24, 2.45) is 7.05 Å². The SMILES string of the molecule is Cn1nncc1-c1cnc(=O)[nH]c1. The van der Waals surface area contributed by atoms with Crippen molar-refractivity contribution in [1.82, 2.24) is 25.0 Å². The minimum Gasteiger partial charge on any atom is -0.312 e. The Morgan fingerprint density at radius 2 is 2.31 bits per heavy atom. The van der Waals surface area contributed by atoms with Gasteiger partial charge in [-0.05, 0) is 0 Å². The van der Waals surface area contributed by atoms with Crippen LogP contribution in [0.1, 0.15) is 0 Å². The number of nitrogens with one attached hydrogen (secondary N) is 1. The van der Waals surface area contributed by atoms with Gasteiger partial charge in [0.05, 0.1) is 11.9 Å². The minimum atomic E-state index is -0.362. The molecule has 0 aliphatic carbocycles. The van der Waals surface area contributed by atoms with E-state index in [4.69, 9.17) is 0 Å². The third-order valence-corrected chi connectivity index (χ3v) is 1.68. The summed E-state index contributed by atoms with van der Waals surface area (Å²) in [4.78, 5) is 16.7. The predicted octanol–water partition coefficient (Wildman–Crippen LogP) is -0.435. The first-order valence-corrected chi connectivity index (χ1v) is 3.67. The summed E-state index contributed by atoms with van der Waals surface area (Å²) in [6.45, 7) is 0. The molecule has 1 N–H and O–H groups in total. The van der Waals surface area contributed by atoms with Crippen molar-refractivity contribution in [3.05, 3.63) is 29.1 Å². The first kappa shape index (κ1) is 7.66. The summed E-state index contributed by atoms with van der Waals surface area (Å²) in [5, 5.41) is 7.48. The van der Waals surface area contributed by atoms with Gasteiger partial charge in [-0.25, -0.2) is 14.5 Å². The molecule has 2 aromatic heterocycles. The molecule has 0 bridgehead atoms. The summed E-state index contributed by atoms with van der Waals surface area (Å²) in [6, 6.07) is 0. The molecule has 0 fully saturated rings. The zero-order valence-electron chi connectivity index (χ0n) is 6.93. The molecule has 0 radical (unpaired) electrons. The molecule has 0 aliphatic heterocycles. The summed E-state index contributed by atoms with van der Waals surface area (Å²) in [6.07, 6.45) is 4.67. The Morgan fingerprint density at radius 1 is 1.46 bits per heavy atom. The van der Waals surface area contributed by atoms with Gasteiger partial charge in [0.2, 0.25) is 0 Å². The molecular weight excluding hydrogens is 170 g/mol. The van der Waals surface area contributed by atoms with Crippen LogP contribution in [-0.4, -0.2) is 25.0 Å². The Balaban J connectivity index is 2.53. The Labute approximate surface area is 73.2 Å². The molecule has 0 amide bonds. The van der Waals surface area contributed by atoms with Gasteiger partial charge in [0.25, 0.3) is 0 Å². The van der Waals surface area contributed by atoms with E-state index < -0.39 is 0 Å². The summed E-state index contributed by atoms with van der Waals surface area (Å²) in [5.74, 6) is 0. The summed E-state index contributed by atoms with van der Waals surface area (Å²) >= 11 is 0. The Morgan fingerprint density at radius 3 is 2.85 bits per heavy atom. The van der Waals surface area contributed by atoms with Crippen molar-refractivity contribution in [1.29, 1.82) is 0 Å². The highest BCUT2D eigenvalue weighted by molar-refractivity contribution is 5.54. The topological polar surface area (TPSA) is 76.5 Å². The molecular formula is C7H7N5O. The van der Waals surface area contributed by atoms with Crippen molar-refractivity contribution in [2.75, 3.05) is 0 Å². The van der Waals surface area contributed by atoms with Gasteiger partial charge in [-0.2, -0.15) is 0 Å². The summed E-state index contributed by atoms with van der Waals surface area (Å²) in [5.41, 5.74) is 1.23. The highest BCUT2D eigenvalue weighted by Gasteiger charge is 2.02. The van der Waals surface area contributed by atoms with Gasteiger partial charge in [-0.1, -0.05) is 5.21 Å². The van der Waals surface area contributed by atoms with Crippen LogP contribution >= 0.6 is 0 Å². The summed E-state index contributed by atoms with van der Waals surface area (Å²) in [7, 11) is 1.77. The van der Waals surface area contributed by atoms with Gasteiger partial charge in [-0.15, -0.1) is 5.10 Å². The molecule has 66 valence electrons. The normalized spacial score (nSPS) is 10.2. The Kier molecular flexibility index (Phi) is 1.66. The van der Waals surface area contributed by atoms with Crippen molar-refractivity contribution >= 4 is 0 Å². The maximum absolute atomic E-state index is 10.7. The maximum atomic E-state index is 10.7. The Bertz CT molecular complexity index is 451. The standard InChI is InChI=1S/C7H7N5O/c1-12-6(4-10-11-12)5-2-8-7(13)9-3-5/h2-4H,1H3,(H,8,9,13). The van der Waals surface area contributed by atoms with Crippen LogP contribution in [0.15, 0.2) is 23.4 Å². The number of rotatable bonds is 1. The van der Waals surface area contributed by atoms with Crippen LogP contribution in [0, 0.1) is 0 Å². The van der Waals surface area contributed by atoms with Gasteiger partial charge >= 0.3 is 5.69 Å². The third-order valence-electron chi connectivity index (χ3n) is 1.68. The number of hydrogen-bond acceptors (Lipinski definition) is 4. The van der Waals surface area contributed by atoms with Gasteiger partial charge in [-0.3, -0.25) is 0 Å². The molecule has 0 atom stereocenters. The fraction of sp³-hybridized carbons (Fsp3) is 0.143. The molecule has 6 nitrogen and oxygen atoms in total. The average molecular weight is 177 g/mol. The van der Waals surface area contributed by atoms with Crippen molar-refractivity contribution in [2.45, 2.75) is 0 Å². The average Bonchev–Trinajstić information content (AvgIpc) is 2.53. The second-order valence-electron chi connectivity index (χ2n) is 2.55. The molecule has 6 heteroatoms. The van der Waals surface area contributed by atoms with E-state index in [0.717, 1.165) is 11.3 Å². The van der Waals surface area contributed by atoms with E-state index in [1.807, 2.05) is 0 Å². The fourth-order valence-corrected chi connectivity index (χ4v) is 1.03. The lowest BCUT2D eigenvalue weighted by atomic mass is 10.3. The van der Waals surface area contributed by atoms with Gasteiger partial charge in [0.1, 0.15) is 0 Å². The van der Waals surface area contributed by atoms with Crippen molar-refractivity contribution in [3.8, 4) is 11.3 Å². The molecule has 2 rings (SSSR count). The fourth-order valence-electron chi connectivity index (χ4n) is 1.03. The monoisotopic (exact) mass is 177 g/mol. The van der Waals surface area contributed by atoms with E-state index in [-0.39, 0.29) is 5.69 Å². The van der Waals surface area contributed by atoms with Gasteiger partial charge in [0, 0.05) is 25.0 Å². The smallest absolute Gasteiger partial charge is 0.312 e. The third kappa shape index (κ3) is 1.33. The lowest BCUT2D eigenvalue weighted by Gasteiger charge is -1.97.